The Labute approximate surface area is 137 Å². The highest BCUT2D eigenvalue weighted by atomic mass is 19.1. The molecule has 0 bridgehead atoms. The molecule has 0 aromatic heterocycles. The smallest absolute Gasteiger partial charge is 0.317 e. The van der Waals surface area contributed by atoms with Gasteiger partial charge in [-0.3, -0.25) is 0 Å². The standard InChI is InChI=1S/C17H26FN3O2/c1-20(2)15(13-5-4-6-14(18)9-13)10-19-17(23)21(3)11-16(22)12-7-8-12/h4-6,9,12,15-16,22H,7-8,10-11H2,1-3H3,(H,19,23). The van der Waals surface area contributed by atoms with Crippen molar-refractivity contribution < 1.29 is 14.3 Å². The highest BCUT2D eigenvalue weighted by molar-refractivity contribution is 5.73. The Bertz CT molecular complexity index is 534. The Morgan fingerprint density at radius 2 is 2.09 bits per heavy atom. The molecule has 2 atom stereocenters. The summed E-state index contributed by atoms with van der Waals surface area (Å²) in [5.74, 6) is 0.0532. The number of hydrogen-bond donors (Lipinski definition) is 2. The Morgan fingerprint density at radius 1 is 1.39 bits per heavy atom. The van der Waals surface area contributed by atoms with Crippen LogP contribution in [0.3, 0.4) is 0 Å². The second-order valence-electron chi connectivity index (χ2n) is 6.51. The SMILES string of the molecule is CN(CC(O)C1CC1)C(=O)NCC(c1cccc(F)c1)N(C)C. The first-order chi connectivity index (χ1) is 10.9. The van der Waals surface area contributed by atoms with Crippen molar-refractivity contribution in [3.63, 3.8) is 0 Å². The van der Waals surface area contributed by atoms with E-state index in [1.54, 1.807) is 13.1 Å². The van der Waals surface area contributed by atoms with Crippen LogP contribution in [0.2, 0.25) is 0 Å². The summed E-state index contributed by atoms with van der Waals surface area (Å²) in [6.07, 6.45) is 1.64. The molecule has 128 valence electrons. The number of carbonyl (C=O) groups excluding carboxylic acids is 1. The molecule has 2 rings (SSSR count). The molecule has 1 aliphatic rings. The molecule has 0 aliphatic heterocycles. The third kappa shape index (κ3) is 5.18. The van der Waals surface area contributed by atoms with Gasteiger partial charge in [0.25, 0.3) is 0 Å². The molecule has 1 fully saturated rings. The van der Waals surface area contributed by atoms with Gasteiger partial charge in [-0.05, 0) is 50.6 Å². The van der Waals surface area contributed by atoms with E-state index < -0.39 is 6.10 Å². The van der Waals surface area contributed by atoms with Crippen LogP contribution in [0.1, 0.15) is 24.4 Å². The lowest BCUT2D eigenvalue weighted by atomic mass is 10.1. The summed E-state index contributed by atoms with van der Waals surface area (Å²) in [5, 5.41) is 12.8. The molecule has 1 aliphatic carbocycles. The molecule has 2 N–H and O–H groups in total. The Balaban J connectivity index is 1.89. The Kier molecular flexibility index (Phi) is 5.96. The van der Waals surface area contributed by atoms with E-state index >= 15 is 0 Å². The minimum absolute atomic E-state index is 0.114. The highest BCUT2D eigenvalue weighted by Crippen LogP contribution is 2.32. The van der Waals surface area contributed by atoms with Crippen molar-refractivity contribution >= 4 is 6.03 Å². The van der Waals surface area contributed by atoms with Gasteiger partial charge >= 0.3 is 6.03 Å². The summed E-state index contributed by atoms with van der Waals surface area (Å²) < 4.78 is 13.4. The lowest BCUT2D eigenvalue weighted by Gasteiger charge is -2.27. The second kappa shape index (κ2) is 7.75. The maximum absolute atomic E-state index is 13.4. The minimum Gasteiger partial charge on any atom is -0.391 e. The summed E-state index contributed by atoms with van der Waals surface area (Å²) in [5.41, 5.74) is 0.816. The van der Waals surface area contributed by atoms with Crippen LogP contribution in [0, 0.1) is 11.7 Å². The fourth-order valence-electron chi connectivity index (χ4n) is 2.62. The third-order valence-corrected chi connectivity index (χ3v) is 4.28. The molecule has 1 aromatic carbocycles. The molecule has 0 spiro atoms. The molecule has 6 heteroatoms. The van der Waals surface area contributed by atoms with Gasteiger partial charge in [-0.1, -0.05) is 12.1 Å². The van der Waals surface area contributed by atoms with Crippen LogP contribution in [0.25, 0.3) is 0 Å². The number of likely N-dealkylation sites (N-methyl/N-ethyl adjacent to an activating group) is 2. The van der Waals surface area contributed by atoms with Gasteiger partial charge in [0.15, 0.2) is 0 Å². The van der Waals surface area contributed by atoms with Crippen LogP contribution in [0.5, 0.6) is 0 Å². The molecule has 0 heterocycles. The number of carbonyl (C=O) groups is 1. The number of nitrogens with zero attached hydrogens (tertiary/aromatic N) is 2. The maximum atomic E-state index is 13.4. The predicted molar refractivity (Wildman–Crippen MR) is 87.6 cm³/mol. The van der Waals surface area contributed by atoms with E-state index in [0.717, 1.165) is 18.4 Å². The van der Waals surface area contributed by atoms with Crippen LogP contribution in [0.4, 0.5) is 9.18 Å². The number of aliphatic hydroxyl groups excluding tert-OH is 1. The van der Waals surface area contributed by atoms with Gasteiger partial charge < -0.3 is 20.2 Å². The molecule has 0 radical (unpaired) electrons. The number of halogens is 1. The number of nitrogens with one attached hydrogen (secondary N) is 1. The zero-order valence-corrected chi connectivity index (χ0v) is 14.0. The van der Waals surface area contributed by atoms with Gasteiger partial charge in [-0.15, -0.1) is 0 Å². The van der Waals surface area contributed by atoms with Crippen LogP contribution < -0.4 is 5.32 Å². The van der Waals surface area contributed by atoms with E-state index in [9.17, 15) is 14.3 Å². The molecule has 1 saturated carbocycles. The maximum Gasteiger partial charge on any atom is 0.317 e. The van der Waals surface area contributed by atoms with Crippen LogP contribution >= 0.6 is 0 Å². The molecular formula is C17H26FN3O2. The molecule has 1 aromatic rings. The molecule has 2 unspecified atom stereocenters. The summed E-state index contributed by atoms with van der Waals surface area (Å²) in [7, 11) is 5.46. The van der Waals surface area contributed by atoms with E-state index in [1.807, 2.05) is 25.1 Å². The van der Waals surface area contributed by atoms with E-state index in [0.29, 0.717) is 19.0 Å². The number of amides is 2. The number of aliphatic hydroxyl groups is 1. The van der Waals surface area contributed by atoms with Gasteiger partial charge in [0.2, 0.25) is 0 Å². The number of benzene rings is 1. The first-order valence-electron chi connectivity index (χ1n) is 7.97. The normalized spacial score (nSPS) is 17.0. The first-order valence-corrected chi connectivity index (χ1v) is 7.97. The summed E-state index contributed by atoms with van der Waals surface area (Å²) in [6, 6.07) is 6.06. The topological polar surface area (TPSA) is 55.8 Å². The van der Waals surface area contributed by atoms with E-state index in [-0.39, 0.29) is 17.9 Å². The Morgan fingerprint density at radius 3 is 2.65 bits per heavy atom. The van der Waals surface area contributed by atoms with Gasteiger partial charge in [0, 0.05) is 20.1 Å². The van der Waals surface area contributed by atoms with Crippen molar-refractivity contribution in [2.75, 3.05) is 34.2 Å². The summed E-state index contributed by atoms with van der Waals surface area (Å²) >= 11 is 0. The average molecular weight is 323 g/mol. The molecule has 23 heavy (non-hydrogen) atoms. The van der Waals surface area contributed by atoms with E-state index in [1.165, 1.54) is 17.0 Å². The summed E-state index contributed by atoms with van der Waals surface area (Å²) in [4.78, 5) is 15.6. The van der Waals surface area contributed by atoms with Gasteiger partial charge in [0.05, 0.1) is 12.1 Å². The number of urea groups is 1. The highest BCUT2D eigenvalue weighted by Gasteiger charge is 2.31. The van der Waals surface area contributed by atoms with Crippen LogP contribution in [-0.2, 0) is 0 Å². The number of hydrogen-bond acceptors (Lipinski definition) is 3. The molecular weight excluding hydrogens is 297 g/mol. The van der Waals surface area contributed by atoms with Crippen molar-refractivity contribution in [2.45, 2.75) is 25.0 Å². The monoisotopic (exact) mass is 323 g/mol. The van der Waals surface area contributed by atoms with E-state index in [2.05, 4.69) is 5.32 Å². The fourth-order valence-corrected chi connectivity index (χ4v) is 2.62. The van der Waals surface area contributed by atoms with Crippen LogP contribution in [-0.4, -0.2) is 61.3 Å². The van der Waals surface area contributed by atoms with Crippen molar-refractivity contribution in [3.05, 3.63) is 35.6 Å². The molecule has 0 saturated heterocycles. The van der Waals surface area contributed by atoms with E-state index in [4.69, 9.17) is 0 Å². The minimum atomic E-state index is -0.446. The van der Waals surface area contributed by atoms with Gasteiger partial charge in [-0.25, -0.2) is 9.18 Å². The lowest BCUT2D eigenvalue weighted by Crippen LogP contribution is -2.44. The fraction of sp³-hybridized carbons (Fsp3) is 0.588. The Hall–Kier alpha value is -1.66. The second-order valence-corrected chi connectivity index (χ2v) is 6.51. The van der Waals surface area contributed by atoms with Crippen molar-refractivity contribution in [2.24, 2.45) is 5.92 Å². The molecule has 5 nitrogen and oxygen atoms in total. The molecule has 2 amide bonds. The lowest BCUT2D eigenvalue weighted by molar-refractivity contribution is 0.113. The van der Waals surface area contributed by atoms with Gasteiger partial charge in [0.1, 0.15) is 5.82 Å². The number of rotatable bonds is 7. The first kappa shape index (κ1) is 17.7. The zero-order chi connectivity index (χ0) is 17.0. The van der Waals surface area contributed by atoms with Crippen molar-refractivity contribution in [1.29, 1.82) is 0 Å². The largest absolute Gasteiger partial charge is 0.391 e. The zero-order valence-electron chi connectivity index (χ0n) is 14.0. The quantitative estimate of drug-likeness (QED) is 0.805. The predicted octanol–water partition coefficient (Wildman–Crippen LogP) is 1.84. The summed E-state index contributed by atoms with van der Waals surface area (Å²) in [6.45, 7) is 0.711. The average Bonchev–Trinajstić information content (AvgIpc) is 3.31. The third-order valence-electron chi connectivity index (χ3n) is 4.28. The van der Waals surface area contributed by atoms with Crippen molar-refractivity contribution in [3.8, 4) is 0 Å². The van der Waals surface area contributed by atoms with Crippen LogP contribution in [0.15, 0.2) is 24.3 Å². The van der Waals surface area contributed by atoms with Gasteiger partial charge in [-0.2, -0.15) is 0 Å². The van der Waals surface area contributed by atoms with Crippen molar-refractivity contribution in [1.82, 2.24) is 15.1 Å².